The van der Waals surface area contributed by atoms with Crippen molar-refractivity contribution in [3.63, 3.8) is 0 Å². The molecule has 0 saturated carbocycles. The van der Waals surface area contributed by atoms with Crippen molar-refractivity contribution >= 4 is 33.8 Å². The van der Waals surface area contributed by atoms with Gasteiger partial charge < -0.3 is 10.2 Å². The van der Waals surface area contributed by atoms with Crippen molar-refractivity contribution < 1.29 is 14.4 Å². The molecule has 1 aromatic rings. The highest BCUT2D eigenvalue weighted by Gasteiger charge is 2.51. The second kappa shape index (κ2) is 4.55. The molecule has 2 aliphatic heterocycles. The van der Waals surface area contributed by atoms with Crippen LogP contribution in [0.1, 0.15) is 16.8 Å². The molecule has 0 aromatic carbocycles. The fourth-order valence-electron chi connectivity index (χ4n) is 2.52. The maximum Gasteiger partial charge on any atom is 0.322 e. The molecule has 20 heavy (non-hydrogen) atoms. The normalized spacial score (nSPS) is 24.9. The molecule has 1 spiro atoms. The number of hydrogen-bond donors (Lipinski definition) is 2. The highest BCUT2D eigenvalue weighted by atomic mass is 79.9. The van der Waals surface area contributed by atoms with Gasteiger partial charge in [-0.2, -0.15) is 0 Å². The number of likely N-dealkylation sites (tertiary alicyclic amines) is 1. The van der Waals surface area contributed by atoms with E-state index in [1.165, 1.54) is 6.20 Å². The summed E-state index contributed by atoms with van der Waals surface area (Å²) in [4.78, 5) is 41.0. The Morgan fingerprint density at radius 3 is 2.90 bits per heavy atom. The standard InChI is InChI=1S/C12H11BrN4O3/c13-8-5-7(1-3-14-8)9(18)17-4-2-12(6-17)10(19)15-11(20)16-12/h1,3,5H,2,4,6H2,(H2,15,16,19,20). The van der Waals surface area contributed by atoms with Crippen molar-refractivity contribution in [2.45, 2.75) is 12.0 Å². The zero-order chi connectivity index (χ0) is 14.3. The molecule has 8 heteroatoms. The average Bonchev–Trinajstić information content (AvgIpc) is 2.94. The molecule has 0 bridgehead atoms. The first-order chi connectivity index (χ1) is 9.50. The van der Waals surface area contributed by atoms with Crippen molar-refractivity contribution in [3.05, 3.63) is 28.5 Å². The van der Waals surface area contributed by atoms with Crippen LogP contribution in [-0.2, 0) is 4.79 Å². The van der Waals surface area contributed by atoms with Crippen LogP contribution in [-0.4, -0.2) is 46.4 Å². The number of hydrogen-bond acceptors (Lipinski definition) is 4. The van der Waals surface area contributed by atoms with Crippen LogP contribution in [0.2, 0.25) is 0 Å². The van der Waals surface area contributed by atoms with E-state index in [0.29, 0.717) is 23.1 Å². The van der Waals surface area contributed by atoms with Gasteiger partial charge >= 0.3 is 6.03 Å². The van der Waals surface area contributed by atoms with Gasteiger partial charge in [-0.3, -0.25) is 14.9 Å². The first kappa shape index (κ1) is 13.0. The summed E-state index contributed by atoms with van der Waals surface area (Å²) in [5.41, 5.74) is -0.481. The van der Waals surface area contributed by atoms with Gasteiger partial charge in [0, 0.05) is 18.3 Å². The van der Waals surface area contributed by atoms with E-state index in [4.69, 9.17) is 0 Å². The molecule has 2 aliphatic rings. The molecule has 3 heterocycles. The predicted octanol–water partition coefficient (Wildman–Crippen LogP) is 0.268. The molecule has 2 fully saturated rings. The van der Waals surface area contributed by atoms with Gasteiger partial charge in [0.25, 0.3) is 11.8 Å². The molecular formula is C12H11BrN4O3. The van der Waals surface area contributed by atoms with Gasteiger partial charge in [-0.25, -0.2) is 9.78 Å². The first-order valence-electron chi connectivity index (χ1n) is 6.05. The second-order valence-electron chi connectivity index (χ2n) is 4.83. The topological polar surface area (TPSA) is 91.4 Å². The average molecular weight is 339 g/mol. The Morgan fingerprint density at radius 1 is 1.45 bits per heavy atom. The molecule has 2 saturated heterocycles. The molecule has 2 N–H and O–H groups in total. The number of pyridine rings is 1. The third-order valence-electron chi connectivity index (χ3n) is 3.54. The molecule has 104 valence electrons. The van der Waals surface area contributed by atoms with Gasteiger partial charge in [0.15, 0.2) is 0 Å². The first-order valence-corrected chi connectivity index (χ1v) is 6.84. The summed E-state index contributed by atoms with van der Waals surface area (Å²) >= 11 is 3.21. The summed E-state index contributed by atoms with van der Waals surface area (Å²) in [7, 11) is 0. The van der Waals surface area contributed by atoms with Crippen LogP contribution in [0.5, 0.6) is 0 Å². The summed E-state index contributed by atoms with van der Waals surface area (Å²) in [6.45, 7) is 0.607. The number of urea groups is 1. The summed E-state index contributed by atoms with van der Waals surface area (Å²) in [5, 5.41) is 4.83. The zero-order valence-electron chi connectivity index (χ0n) is 10.4. The lowest BCUT2D eigenvalue weighted by Crippen LogP contribution is -2.49. The van der Waals surface area contributed by atoms with Crippen LogP contribution in [0.4, 0.5) is 4.79 Å². The van der Waals surface area contributed by atoms with Crippen LogP contribution in [0.15, 0.2) is 22.9 Å². The molecule has 1 unspecified atom stereocenters. The Bertz CT molecular complexity index is 620. The van der Waals surface area contributed by atoms with Gasteiger partial charge in [0.1, 0.15) is 10.1 Å². The van der Waals surface area contributed by atoms with Crippen molar-refractivity contribution in [2.24, 2.45) is 0 Å². The molecule has 7 nitrogen and oxygen atoms in total. The zero-order valence-corrected chi connectivity index (χ0v) is 11.9. The van der Waals surface area contributed by atoms with Gasteiger partial charge in [-0.1, -0.05) is 0 Å². The van der Waals surface area contributed by atoms with Gasteiger partial charge in [-0.05, 0) is 34.5 Å². The molecule has 4 amide bonds. The Kier molecular flexibility index (Phi) is 2.97. The largest absolute Gasteiger partial charge is 0.336 e. The minimum Gasteiger partial charge on any atom is -0.336 e. The number of halogens is 1. The van der Waals surface area contributed by atoms with E-state index in [1.807, 2.05) is 0 Å². The van der Waals surface area contributed by atoms with Crippen molar-refractivity contribution in [3.8, 4) is 0 Å². The van der Waals surface area contributed by atoms with Crippen LogP contribution in [0.25, 0.3) is 0 Å². The van der Waals surface area contributed by atoms with Crippen molar-refractivity contribution in [1.29, 1.82) is 0 Å². The van der Waals surface area contributed by atoms with Crippen LogP contribution >= 0.6 is 15.9 Å². The van der Waals surface area contributed by atoms with E-state index in [0.717, 1.165) is 0 Å². The maximum absolute atomic E-state index is 12.4. The van der Waals surface area contributed by atoms with E-state index < -0.39 is 11.6 Å². The van der Waals surface area contributed by atoms with E-state index in [2.05, 4.69) is 31.5 Å². The summed E-state index contributed by atoms with van der Waals surface area (Å²) in [6, 6.07) is 2.74. The highest BCUT2D eigenvalue weighted by Crippen LogP contribution is 2.26. The Labute approximate surface area is 122 Å². The molecule has 0 radical (unpaired) electrons. The minimum atomic E-state index is -0.975. The fourth-order valence-corrected chi connectivity index (χ4v) is 2.88. The third-order valence-corrected chi connectivity index (χ3v) is 3.98. The molecular weight excluding hydrogens is 328 g/mol. The number of imide groups is 1. The Morgan fingerprint density at radius 2 is 2.25 bits per heavy atom. The highest BCUT2D eigenvalue weighted by molar-refractivity contribution is 9.10. The van der Waals surface area contributed by atoms with Crippen LogP contribution in [0, 0.1) is 0 Å². The number of carbonyl (C=O) groups excluding carboxylic acids is 3. The number of carbonyl (C=O) groups is 3. The number of aromatic nitrogens is 1. The minimum absolute atomic E-state index is 0.182. The number of amides is 4. The monoisotopic (exact) mass is 338 g/mol. The lowest BCUT2D eigenvalue weighted by Gasteiger charge is -2.21. The van der Waals surface area contributed by atoms with Gasteiger partial charge in [-0.15, -0.1) is 0 Å². The summed E-state index contributed by atoms with van der Waals surface area (Å²) < 4.78 is 0.573. The second-order valence-corrected chi connectivity index (χ2v) is 5.65. The quantitative estimate of drug-likeness (QED) is 0.568. The van der Waals surface area contributed by atoms with Crippen LogP contribution in [0.3, 0.4) is 0 Å². The Hall–Kier alpha value is -1.96. The molecule has 3 rings (SSSR count). The van der Waals surface area contributed by atoms with Crippen molar-refractivity contribution in [2.75, 3.05) is 13.1 Å². The lowest BCUT2D eigenvalue weighted by atomic mass is 9.99. The SMILES string of the molecule is O=C1NC(=O)C2(CCN(C(=O)c3ccnc(Br)c3)C2)N1. The molecule has 1 atom stereocenters. The van der Waals surface area contributed by atoms with E-state index in [9.17, 15) is 14.4 Å². The smallest absolute Gasteiger partial charge is 0.322 e. The maximum atomic E-state index is 12.4. The Balaban J connectivity index is 1.79. The van der Waals surface area contributed by atoms with E-state index >= 15 is 0 Å². The molecule has 1 aromatic heterocycles. The summed E-state index contributed by atoms with van der Waals surface area (Å²) in [5.74, 6) is -0.548. The van der Waals surface area contributed by atoms with Gasteiger partial charge in [0.2, 0.25) is 0 Å². The van der Waals surface area contributed by atoms with Crippen molar-refractivity contribution in [1.82, 2.24) is 20.5 Å². The molecule has 0 aliphatic carbocycles. The van der Waals surface area contributed by atoms with E-state index in [1.54, 1.807) is 17.0 Å². The number of rotatable bonds is 1. The number of nitrogens with one attached hydrogen (secondary N) is 2. The van der Waals surface area contributed by atoms with Crippen LogP contribution < -0.4 is 10.6 Å². The predicted molar refractivity (Wildman–Crippen MR) is 71.9 cm³/mol. The van der Waals surface area contributed by atoms with E-state index in [-0.39, 0.29) is 18.4 Å². The third kappa shape index (κ3) is 2.05. The fraction of sp³-hybridized carbons (Fsp3) is 0.333. The number of nitrogens with zero attached hydrogens (tertiary/aromatic N) is 2. The lowest BCUT2D eigenvalue weighted by molar-refractivity contribution is -0.123. The van der Waals surface area contributed by atoms with Gasteiger partial charge in [0.05, 0.1) is 6.54 Å². The summed E-state index contributed by atoms with van der Waals surface area (Å²) in [6.07, 6.45) is 1.95.